The molecule has 19 heavy (non-hydrogen) atoms. The highest BCUT2D eigenvalue weighted by Gasteiger charge is 2.10. The molecule has 3 nitrogen and oxygen atoms in total. The first kappa shape index (κ1) is 14.2. The van der Waals surface area contributed by atoms with E-state index >= 15 is 0 Å². The van der Waals surface area contributed by atoms with Crippen molar-refractivity contribution in [1.82, 2.24) is 9.55 Å². The van der Waals surface area contributed by atoms with Crippen molar-refractivity contribution >= 4 is 34.4 Å². The van der Waals surface area contributed by atoms with Gasteiger partial charge in [-0.05, 0) is 31.0 Å². The number of aromatic nitrogens is 2. The molecule has 0 amide bonds. The molecule has 2 rings (SSSR count). The van der Waals surface area contributed by atoms with Crippen LogP contribution in [0.1, 0.15) is 26.2 Å². The topological polar surface area (TPSA) is 41.6 Å². The van der Waals surface area contributed by atoms with Gasteiger partial charge < -0.3 is 4.57 Å². The number of aryl methyl sites for hydroxylation is 1. The first-order chi connectivity index (χ1) is 9.26. The molecule has 0 aliphatic heterocycles. The summed E-state index contributed by atoms with van der Waals surface area (Å²) in [5.41, 5.74) is 2.08. The zero-order valence-electron chi connectivity index (χ0n) is 10.9. The first-order valence-electron chi connectivity index (χ1n) is 6.41. The molecule has 0 aliphatic rings. The van der Waals surface area contributed by atoms with Crippen molar-refractivity contribution in [2.75, 3.05) is 5.75 Å². The van der Waals surface area contributed by atoms with E-state index < -0.39 is 0 Å². The molecule has 5 heteroatoms. The van der Waals surface area contributed by atoms with E-state index in [1.54, 1.807) is 11.8 Å². The summed E-state index contributed by atoms with van der Waals surface area (Å²) in [4.78, 5) is 4.65. The van der Waals surface area contributed by atoms with Gasteiger partial charge in [-0.1, -0.05) is 30.3 Å². The Kier molecular flexibility index (Phi) is 5.12. The lowest BCUT2D eigenvalue weighted by atomic mass is 10.3. The van der Waals surface area contributed by atoms with Gasteiger partial charge in [0.15, 0.2) is 5.16 Å². The molecule has 100 valence electrons. The van der Waals surface area contributed by atoms with E-state index in [-0.39, 0.29) is 0 Å². The van der Waals surface area contributed by atoms with Crippen molar-refractivity contribution in [2.45, 2.75) is 37.9 Å². The highest BCUT2D eigenvalue weighted by molar-refractivity contribution is 7.99. The molecule has 0 fully saturated rings. The Morgan fingerprint density at radius 1 is 1.47 bits per heavy atom. The molecular formula is C14H16ClN3S. The number of rotatable bonds is 6. The van der Waals surface area contributed by atoms with Crippen LogP contribution in [0.4, 0.5) is 0 Å². The minimum Gasteiger partial charge on any atom is -0.319 e. The number of imidazole rings is 1. The molecule has 0 aliphatic carbocycles. The Bertz CT molecular complexity index is 600. The molecular weight excluding hydrogens is 278 g/mol. The number of halogens is 1. The number of hydrogen-bond donors (Lipinski definition) is 0. The molecule has 0 spiro atoms. The van der Waals surface area contributed by atoms with Gasteiger partial charge in [-0.15, -0.1) is 0 Å². The molecule has 1 aromatic heterocycles. The van der Waals surface area contributed by atoms with Crippen LogP contribution in [0.3, 0.4) is 0 Å². The fourth-order valence-corrected chi connectivity index (χ4v) is 3.09. The normalized spacial score (nSPS) is 10.8. The standard InChI is InChI=1S/C14H16ClN3S/c1-2-8-18-13-6-5-11(15)10-12(13)17-14(18)19-9-4-3-7-16/h5-6,10H,2-4,8-9H2,1H3. The van der Waals surface area contributed by atoms with Gasteiger partial charge in [0.05, 0.1) is 17.1 Å². The van der Waals surface area contributed by atoms with Gasteiger partial charge in [0.1, 0.15) is 0 Å². The Hall–Kier alpha value is -1.18. The lowest BCUT2D eigenvalue weighted by Crippen LogP contribution is -1.99. The van der Waals surface area contributed by atoms with Crippen molar-refractivity contribution in [2.24, 2.45) is 0 Å². The predicted octanol–water partition coefficient (Wildman–Crippen LogP) is 4.50. The molecule has 0 atom stereocenters. The second-order valence-electron chi connectivity index (χ2n) is 4.29. The highest BCUT2D eigenvalue weighted by atomic mass is 35.5. The maximum Gasteiger partial charge on any atom is 0.169 e. The van der Waals surface area contributed by atoms with Gasteiger partial charge in [0.2, 0.25) is 0 Å². The smallest absolute Gasteiger partial charge is 0.169 e. The minimum atomic E-state index is 0.604. The largest absolute Gasteiger partial charge is 0.319 e. The van der Waals surface area contributed by atoms with Crippen LogP contribution >= 0.6 is 23.4 Å². The zero-order valence-corrected chi connectivity index (χ0v) is 12.5. The number of fused-ring (bicyclic) bond motifs is 1. The Morgan fingerprint density at radius 3 is 3.05 bits per heavy atom. The highest BCUT2D eigenvalue weighted by Crippen LogP contribution is 2.27. The average molecular weight is 294 g/mol. The van der Waals surface area contributed by atoms with Crippen LogP contribution in [0.25, 0.3) is 11.0 Å². The first-order valence-corrected chi connectivity index (χ1v) is 7.78. The average Bonchev–Trinajstić information content (AvgIpc) is 2.73. The second-order valence-corrected chi connectivity index (χ2v) is 5.79. The monoisotopic (exact) mass is 293 g/mol. The zero-order chi connectivity index (χ0) is 13.7. The van der Waals surface area contributed by atoms with Gasteiger partial charge in [0.25, 0.3) is 0 Å². The van der Waals surface area contributed by atoms with Crippen LogP contribution in [0.5, 0.6) is 0 Å². The number of nitriles is 1. The molecule has 2 aromatic rings. The van der Waals surface area contributed by atoms with E-state index in [2.05, 4.69) is 22.5 Å². The van der Waals surface area contributed by atoms with E-state index in [0.717, 1.165) is 46.4 Å². The van der Waals surface area contributed by atoms with Crippen molar-refractivity contribution < 1.29 is 0 Å². The number of thioether (sulfide) groups is 1. The van der Waals surface area contributed by atoms with Crippen molar-refractivity contribution in [1.29, 1.82) is 5.26 Å². The summed E-state index contributed by atoms with van der Waals surface area (Å²) in [5, 5.41) is 10.3. The second kappa shape index (κ2) is 6.83. The van der Waals surface area contributed by atoms with E-state index in [0.29, 0.717) is 6.42 Å². The van der Waals surface area contributed by atoms with E-state index in [4.69, 9.17) is 16.9 Å². The number of hydrogen-bond acceptors (Lipinski definition) is 3. The lowest BCUT2D eigenvalue weighted by Gasteiger charge is -2.06. The van der Waals surface area contributed by atoms with Gasteiger partial charge in [-0.3, -0.25) is 0 Å². The van der Waals surface area contributed by atoms with Crippen LogP contribution in [0, 0.1) is 11.3 Å². The third-order valence-electron chi connectivity index (χ3n) is 2.79. The molecule has 0 N–H and O–H groups in total. The van der Waals surface area contributed by atoms with Crippen LogP contribution in [0.2, 0.25) is 5.02 Å². The molecule has 0 unspecified atom stereocenters. The van der Waals surface area contributed by atoms with Crippen molar-refractivity contribution in [3.05, 3.63) is 23.2 Å². The van der Waals surface area contributed by atoms with Gasteiger partial charge in [-0.2, -0.15) is 5.26 Å². The number of benzene rings is 1. The Morgan fingerprint density at radius 2 is 2.32 bits per heavy atom. The summed E-state index contributed by atoms with van der Waals surface area (Å²) in [7, 11) is 0. The van der Waals surface area contributed by atoms with E-state index in [1.165, 1.54) is 0 Å². The molecule has 0 bridgehead atoms. The maximum absolute atomic E-state index is 8.55. The van der Waals surface area contributed by atoms with Crippen molar-refractivity contribution in [3.63, 3.8) is 0 Å². The fraction of sp³-hybridized carbons (Fsp3) is 0.429. The van der Waals surface area contributed by atoms with Crippen molar-refractivity contribution in [3.8, 4) is 6.07 Å². The van der Waals surface area contributed by atoms with Crippen LogP contribution in [0.15, 0.2) is 23.4 Å². The minimum absolute atomic E-state index is 0.604. The quantitative estimate of drug-likeness (QED) is 0.582. The third kappa shape index (κ3) is 3.43. The number of unbranched alkanes of at least 4 members (excludes halogenated alkanes) is 1. The summed E-state index contributed by atoms with van der Waals surface area (Å²) in [6.07, 6.45) is 2.57. The van der Waals surface area contributed by atoms with E-state index in [1.807, 2.05) is 18.2 Å². The molecule has 0 radical (unpaired) electrons. The van der Waals surface area contributed by atoms with Gasteiger partial charge in [0, 0.05) is 23.7 Å². The van der Waals surface area contributed by atoms with Gasteiger partial charge >= 0.3 is 0 Å². The maximum atomic E-state index is 8.55. The summed E-state index contributed by atoms with van der Waals surface area (Å²) in [5.74, 6) is 0.925. The number of nitrogens with zero attached hydrogens (tertiary/aromatic N) is 3. The lowest BCUT2D eigenvalue weighted by molar-refractivity contribution is 0.638. The summed E-state index contributed by atoms with van der Waals surface area (Å²) >= 11 is 7.73. The Balaban J connectivity index is 2.25. The molecule has 0 saturated carbocycles. The SMILES string of the molecule is CCCn1c(SCCCC#N)nc2cc(Cl)ccc21. The molecule has 1 heterocycles. The van der Waals surface area contributed by atoms with Gasteiger partial charge in [-0.25, -0.2) is 4.98 Å². The molecule has 0 saturated heterocycles. The summed E-state index contributed by atoms with van der Waals surface area (Å²) in [6.45, 7) is 3.12. The van der Waals surface area contributed by atoms with Crippen LogP contribution < -0.4 is 0 Å². The predicted molar refractivity (Wildman–Crippen MR) is 80.6 cm³/mol. The Labute approximate surface area is 122 Å². The van der Waals surface area contributed by atoms with E-state index in [9.17, 15) is 0 Å². The summed E-state index contributed by atoms with van der Waals surface area (Å²) < 4.78 is 2.24. The molecule has 1 aromatic carbocycles. The van der Waals surface area contributed by atoms with Crippen LogP contribution in [-0.2, 0) is 6.54 Å². The fourth-order valence-electron chi connectivity index (χ4n) is 1.95. The summed E-state index contributed by atoms with van der Waals surface area (Å²) in [6, 6.07) is 8.01. The van der Waals surface area contributed by atoms with Crippen LogP contribution in [-0.4, -0.2) is 15.3 Å². The third-order valence-corrected chi connectivity index (χ3v) is 4.08.